The van der Waals surface area contributed by atoms with Gasteiger partial charge in [-0.15, -0.1) is 5.54 Å². The summed E-state index contributed by atoms with van der Waals surface area (Å²) in [5.41, 5.74) is 3.83. The highest BCUT2D eigenvalue weighted by Crippen LogP contribution is 2.45. The van der Waals surface area contributed by atoms with Crippen molar-refractivity contribution in [3.63, 3.8) is 0 Å². The van der Waals surface area contributed by atoms with Gasteiger partial charge in [-0.05, 0) is 60.3 Å². The Bertz CT molecular complexity index is 2330. The van der Waals surface area contributed by atoms with Gasteiger partial charge in [0, 0.05) is 50.3 Å². The van der Waals surface area contributed by atoms with Crippen LogP contribution in [0, 0.1) is 23.1 Å². The molecule has 1 N–H and O–H groups in total. The molecule has 4 atom stereocenters. The molecule has 0 spiro atoms. The molecule has 8 rings (SSSR count). The second-order valence-corrected chi connectivity index (χ2v) is 23.8. The summed E-state index contributed by atoms with van der Waals surface area (Å²) in [7, 11) is -0.718. The fraction of sp³-hybridized carbons (Fsp3) is 0.556. The number of fused-ring (bicyclic) bond motifs is 5. The predicted molar refractivity (Wildman–Crippen MR) is 226 cm³/mol. The van der Waals surface area contributed by atoms with Crippen molar-refractivity contribution < 1.29 is 32.5 Å². The number of piperazine rings is 1. The van der Waals surface area contributed by atoms with Crippen LogP contribution in [0.3, 0.4) is 0 Å². The van der Waals surface area contributed by atoms with Crippen LogP contribution in [0.15, 0.2) is 36.5 Å². The van der Waals surface area contributed by atoms with Crippen LogP contribution in [-0.2, 0) is 4.74 Å². The quantitative estimate of drug-likeness (QED) is 0.124. The molecule has 1 amide bonds. The van der Waals surface area contributed by atoms with Crippen molar-refractivity contribution >= 4 is 41.7 Å². The minimum atomic E-state index is -2.27. The SMILES string of the molecule is COC[C@@]12CC[C@@H](CN(c3nc(OC[C@@]45CCCN4C[C@H](F)C5)nc4c(F)c(-c5cccc6ccc(F)c(C#C[Si](C(C)C)(C(C)C)C(C)C)c56)ncc34)C1)N2C(=O)O. The van der Waals surface area contributed by atoms with Crippen LogP contribution in [0.5, 0.6) is 6.01 Å². The zero-order chi connectivity index (χ0) is 42.0. The van der Waals surface area contributed by atoms with Crippen molar-refractivity contribution in [3.05, 3.63) is 53.7 Å². The van der Waals surface area contributed by atoms with Crippen molar-refractivity contribution in [2.45, 2.75) is 114 Å². The summed E-state index contributed by atoms with van der Waals surface area (Å²) in [6.07, 6.45) is 2.83. The van der Waals surface area contributed by atoms with Crippen LogP contribution in [0.1, 0.15) is 79.2 Å². The number of carboxylic acid groups (broad SMARTS) is 1. The lowest BCUT2D eigenvalue weighted by Crippen LogP contribution is -2.65. The smallest absolute Gasteiger partial charge is 0.408 e. The number of benzene rings is 2. The molecule has 0 radical (unpaired) electrons. The van der Waals surface area contributed by atoms with E-state index in [0.717, 1.165) is 19.4 Å². The number of alkyl halides is 1. The average Bonchev–Trinajstić information content (AvgIpc) is 3.79. The maximum Gasteiger partial charge on any atom is 0.408 e. The molecule has 0 saturated carbocycles. The number of nitrogens with zero attached hydrogens (tertiary/aromatic N) is 6. The lowest BCUT2D eigenvalue weighted by atomic mass is 9.95. The molecule has 10 nitrogen and oxygen atoms in total. The largest absolute Gasteiger partial charge is 0.465 e. The van der Waals surface area contributed by atoms with Gasteiger partial charge < -0.3 is 19.5 Å². The number of hydrogen-bond acceptors (Lipinski definition) is 8. The Kier molecular flexibility index (Phi) is 10.9. The van der Waals surface area contributed by atoms with E-state index in [0.29, 0.717) is 76.5 Å². The molecule has 14 heteroatoms. The van der Waals surface area contributed by atoms with Crippen LogP contribution in [0.2, 0.25) is 16.6 Å². The maximum absolute atomic E-state index is 17.6. The highest BCUT2D eigenvalue weighted by molar-refractivity contribution is 6.90. The third-order valence-electron chi connectivity index (χ3n) is 14.0. The fourth-order valence-electron chi connectivity index (χ4n) is 11.5. The Morgan fingerprint density at radius 1 is 1.02 bits per heavy atom. The number of pyridine rings is 1. The maximum atomic E-state index is 17.6. The molecule has 0 aliphatic carbocycles. The topological polar surface area (TPSA) is 104 Å². The number of hydrogen-bond donors (Lipinski definition) is 1. The van der Waals surface area contributed by atoms with E-state index in [4.69, 9.17) is 24.4 Å². The molecule has 6 heterocycles. The number of ether oxygens (including phenoxy) is 2. The van der Waals surface area contributed by atoms with E-state index in [1.807, 2.05) is 11.0 Å². The van der Waals surface area contributed by atoms with Gasteiger partial charge in [0.1, 0.15) is 43.7 Å². The zero-order valence-corrected chi connectivity index (χ0v) is 36.1. The molecule has 2 bridgehead atoms. The predicted octanol–water partition coefficient (Wildman–Crippen LogP) is 9.00. The van der Waals surface area contributed by atoms with Gasteiger partial charge in [-0.25, -0.2) is 18.0 Å². The van der Waals surface area contributed by atoms with Crippen molar-refractivity contribution in [2.24, 2.45) is 0 Å². The van der Waals surface area contributed by atoms with Gasteiger partial charge in [-0.2, -0.15) is 9.97 Å². The van der Waals surface area contributed by atoms with Crippen molar-refractivity contribution in [2.75, 3.05) is 51.4 Å². The molecule has 4 aromatic rings. The second-order valence-electron chi connectivity index (χ2n) is 18.2. The number of aromatic nitrogens is 3. The van der Waals surface area contributed by atoms with E-state index in [1.165, 1.54) is 11.0 Å². The molecule has 2 aromatic heterocycles. The van der Waals surface area contributed by atoms with E-state index >= 15 is 8.78 Å². The molecule has 4 aliphatic rings. The second kappa shape index (κ2) is 15.5. The van der Waals surface area contributed by atoms with Crippen LogP contribution in [-0.4, -0.2) is 114 Å². The highest BCUT2D eigenvalue weighted by atomic mass is 28.3. The third kappa shape index (κ3) is 6.81. The van der Waals surface area contributed by atoms with Crippen LogP contribution >= 0.6 is 0 Å². The summed E-state index contributed by atoms with van der Waals surface area (Å²) in [5.74, 6) is 2.47. The van der Waals surface area contributed by atoms with Crippen LogP contribution in [0.4, 0.5) is 23.8 Å². The number of anilines is 1. The first-order valence-electron chi connectivity index (χ1n) is 21.0. The summed E-state index contributed by atoms with van der Waals surface area (Å²) in [4.78, 5) is 32.5. The molecular formula is C45H55F3N6O4Si. The van der Waals surface area contributed by atoms with Crippen molar-refractivity contribution in [3.8, 4) is 28.7 Å². The minimum absolute atomic E-state index is 0.0179. The number of carbonyl (C=O) groups is 1. The standard InChI is InChI=1S/C45H55F3N6O4Si/c1-27(2)59(28(3)4,29(5)6)19-15-33-36(47)13-12-30-10-8-11-34(37(30)33)39-38(48)40-35(21-49-39)41(52-23-32-14-17-45(24-52,25-57-7)54(32)43(55)56)51-42(50-40)58-26-44-16-9-18-53(44)22-31(46)20-44/h8,10-13,21,27-29,31-32H,9,14,16-18,20,22-26H2,1-7H3,(H,55,56)/t31-,32+,44+,45-/m1/s1. The molecular weight excluding hydrogens is 774 g/mol. The molecule has 4 saturated heterocycles. The van der Waals surface area contributed by atoms with Gasteiger partial charge >= 0.3 is 12.1 Å². The molecule has 0 unspecified atom stereocenters. The first kappa shape index (κ1) is 41.3. The normalized spacial score (nSPS) is 24.5. The fourth-order valence-corrected chi connectivity index (χ4v) is 16.7. The van der Waals surface area contributed by atoms with Gasteiger partial charge in [0.25, 0.3) is 0 Å². The molecule has 314 valence electrons. The molecule has 4 fully saturated rings. The number of amides is 1. The third-order valence-corrected chi connectivity index (χ3v) is 20.3. The minimum Gasteiger partial charge on any atom is -0.465 e. The molecule has 2 aromatic carbocycles. The van der Waals surface area contributed by atoms with Gasteiger partial charge in [-0.1, -0.05) is 71.7 Å². The van der Waals surface area contributed by atoms with E-state index in [-0.39, 0.29) is 48.6 Å². The summed E-state index contributed by atoms with van der Waals surface area (Å²) >= 11 is 0. The summed E-state index contributed by atoms with van der Waals surface area (Å²) in [6, 6.07) is 8.09. The van der Waals surface area contributed by atoms with Crippen LogP contribution < -0.4 is 9.64 Å². The Balaban J connectivity index is 1.29. The number of methoxy groups -OCH3 is 1. The summed E-state index contributed by atoms with van der Waals surface area (Å²) in [6.45, 7) is 15.2. The van der Waals surface area contributed by atoms with Crippen LogP contribution in [0.25, 0.3) is 32.9 Å². The van der Waals surface area contributed by atoms with Gasteiger partial charge in [0.2, 0.25) is 0 Å². The van der Waals surface area contributed by atoms with Crippen molar-refractivity contribution in [1.29, 1.82) is 0 Å². The van der Waals surface area contributed by atoms with E-state index < -0.39 is 43.1 Å². The van der Waals surface area contributed by atoms with Gasteiger partial charge in [0.15, 0.2) is 5.82 Å². The lowest BCUT2D eigenvalue weighted by molar-refractivity contribution is 0.0178. The Morgan fingerprint density at radius 2 is 1.78 bits per heavy atom. The van der Waals surface area contributed by atoms with E-state index in [1.54, 1.807) is 31.5 Å². The van der Waals surface area contributed by atoms with Gasteiger partial charge in [0.05, 0.1) is 34.7 Å². The van der Waals surface area contributed by atoms with E-state index in [2.05, 4.69) is 57.9 Å². The van der Waals surface area contributed by atoms with Crippen molar-refractivity contribution in [1.82, 2.24) is 24.8 Å². The first-order valence-corrected chi connectivity index (χ1v) is 23.3. The van der Waals surface area contributed by atoms with E-state index in [9.17, 15) is 14.3 Å². The summed E-state index contributed by atoms with van der Waals surface area (Å²) in [5, 5.41) is 11.8. The molecule has 59 heavy (non-hydrogen) atoms. The van der Waals surface area contributed by atoms with Gasteiger partial charge in [-0.3, -0.25) is 14.8 Å². The summed E-state index contributed by atoms with van der Waals surface area (Å²) < 4.78 is 60.4. The molecule has 4 aliphatic heterocycles. The first-order chi connectivity index (χ1) is 28.1. The Morgan fingerprint density at radius 3 is 2.49 bits per heavy atom. The lowest BCUT2D eigenvalue weighted by Gasteiger charge is -2.47. The number of halogens is 3. The zero-order valence-electron chi connectivity index (χ0n) is 35.1. The monoisotopic (exact) mass is 828 g/mol. The Hall–Kier alpha value is -4.45. The number of rotatable bonds is 10. The average molecular weight is 829 g/mol. The highest BCUT2D eigenvalue weighted by Gasteiger charge is 2.55. The Labute approximate surface area is 345 Å².